The van der Waals surface area contributed by atoms with Crippen molar-refractivity contribution in [2.45, 2.75) is 13.0 Å². The van der Waals surface area contributed by atoms with E-state index in [-0.39, 0.29) is 18.0 Å². The van der Waals surface area contributed by atoms with Crippen molar-refractivity contribution in [2.75, 3.05) is 13.1 Å². The molecular formula is C21H20BrN3O2. The van der Waals surface area contributed by atoms with Crippen LogP contribution in [0.15, 0.2) is 76.8 Å². The highest BCUT2D eigenvalue weighted by molar-refractivity contribution is 9.10. The third-order valence-corrected chi connectivity index (χ3v) is 4.80. The number of halogens is 1. The first-order chi connectivity index (χ1) is 13.1. The largest absolute Gasteiger partial charge is 0.337 e. The van der Waals surface area contributed by atoms with Gasteiger partial charge in [-0.05, 0) is 30.2 Å². The molecule has 3 aromatic rings. The zero-order valence-electron chi connectivity index (χ0n) is 14.8. The van der Waals surface area contributed by atoms with Crippen molar-refractivity contribution >= 4 is 32.7 Å². The first-order valence-corrected chi connectivity index (χ1v) is 9.45. The van der Waals surface area contributed by atoms with Crippen LogP contribution in [0, 0.1) is 0 Å². The molecule has 0 saturated carbocycles. The number of hydrogen-bond acceptors (Lipinski definition) is 3. The van der Waals surface area contributed by atoms with Crippen LogP contribution in [0.3, 0.4) is 0 Å². The zero-order valence-corrected chi connectivity index (χ0v) is 16.4. The molecule has 0 N–H and O–H groups in total. The Morgan fingerprint density at radius 2 is 2.00 bits per heavy atom. The van der Waals surface area contributed by atoms with E-state index in [2.05, 4.69) is 27.5 Å². The van der Waals surface area contributed by atoms with Gasteiger partial charge in [-0.3, -0.25) is 14.2 Å². The number of benzene rings is 2. The molecule has 0 aliphatic rings. The van der Waals surface area contributed by atoms with Crippen molar-refractivity contribution in [3.05, 3.63) is 87.9 Å². The van der Waals surface area contributed by atoms with Crippen molar-refractivity contribution in [2.24, 2.45) is 0 Å². The SMILES string of the molecule is C=CCN(CCc1ccccc1)C(=O)Cn1cnc2ccc(Br)cc2c1=O. The Kier molecular flexibility index (Phi) is 6.19. The van der Waals surface area contributed by atoms with E-state index < -0.39 is 0 Å². The molecule has 0 aliphatic carbocycles. The standard InChI is InChI=1S/C21H20BrN3O2/c1-2-11-24(12-10-16-6-4-3-5-7-16)20(26)14-25-15-23-19-9-8-17(22)13-18(19)21(25)27/h2-9,13,15H,1,10-12,14H2. The number of fused-ring (bicyclic) bond motifs is 1. The van der Waals surface area contributed by atoms with E-state index in [1.807, 2.05) is 36.4 Å². The van der Waals surface area contributed by atoms with Gasteiger partial charge in [-0.2, -0.15) is 0 Å². The molecule has 3 rings (SSSR count). The summed E-state index contributed by atoms with van der Waals surface area (Å²) in [5, 5.41) is 0.485. The predicted molar refractivity (Wildman–Crippen MR) is 111 cm³/mol. The highest BCUT2D eigenvalue weighted by atomic mass is 79.9. The van der Waals surface area contributed by atoms with Crippen LogP contribution >= 0.6 is 15.9 Å². The molecule has 0 unspecified atom stereocenters. The molecule has 138 valence electrons. The lowest BCUT2D eigenvalue weighted by Gasteiger charge is -2.21. The van der Waals surface area contributed by atoms with Gasteiger partial charge >= 0.3 is 0 Å². The summed E-state index contributed by atoms with van der Waals surface area (Å²) in [6.45, 7) is 4.69. The van der Waals surface area contributed by atoms with E-state index in [9.17, 15) is 9.59 Å². The fraction of sp³-hybridized carbons (Fsp3) is 0.190. The minimum atomic E-state index is -0.226. The Balaban J connectivity index is 1.77. The molecule has 6 heteroatoms. The quantitative estimate of drug-likeness (QED) is 0.544. The molecule has 0 fully saturated rings. The third kappa shape index (κ3) is 4.71. The molecule has 5 nitrogen and oxygen atoms in total. The maximum absolute atomic E-state index is 12.8. The second-order valence-electron chi connectivity index (χ2n) is 6.20. The van der Waals surface area contributed by atoms with E-state index >= 15 is 0 Å². The van der Waals surface area contributed by atoms with Crippen molar-refractivity contribution in [3.8, 4) is 0 Å². The summed E-state index contributed by atoms with van der Waals surface area (Å²) in [4.78, 5) is 31.4. The molecule has 0 saturated heterocycles. The van der Waals surface area contributed by atoms with Crippen LogP contribution < -0.4 is 5.56 Å². The monoisotopic (exact) mass is 425 g/mol. The van der Waals surface area contributed by atoms with Gasteiger partial charge in [0.25, 0.3) is 5.56 Å². The highest BCUT2D eigenvalue weighted by Gasteiger charge is 2.15. The number of carbonyl (C=O) groups excluding carboxylic acids is 1. The number of carbonyl (C=O) groups is 1. The Hall–Kier alpha value is -2.73. The summed E-state index contributed by atoms with van der Waals surface area (Å²) in [5.74, 6) is -0.135. The minimum Gasteiger partial charge on any atom is -0.337 e. The Bertz CT molecular complexity index is 1010. The van der Waals surface area contributed by atoms with Gasteiger partial charge in [-0.1, -0.05) is 52.3 Å². The smallest absolute Gasteiger partial charge is 0.261 e. The van der Waals surface area contributed by atoms with Crippen LogP contribution in [0.5, 0.6) is 0 Å². The van der Waals surface area contributed by atoms with E-state index in [0.717, 1.165) is 16.5 Å². The van der Waals surface area contributed by atoms with Crippen LogP contribution in [-0.2, 0) is 17.8 Å². The van der Waals surface area contributed by atoms with Gasteiger partial charge in [0.2, 0.25) is 5.91 Å². The van der Waals surface area contributed by atoms with Gasteiger partial charge in [0.15, 0.2) is 0 Å². The van der Waals surface area contributed by atoms with Crippen LogP contribution in [0.4, 0.5) is 0 Å². The predicted octanol–water partition coefficient (Wildman–Crippen LogP) is 3.42. The Morgan fingerprint density at radius 3 is 2.74 bits per heavy atom. The first-order valence-electron chi connectivity index (χ1n) is 8.66. The molecule has 1 heterocycles. The van der Waals surface area contributed by atoms with Gasteiger partial charge < -0.3 is 4.90 Å². The summed E-state index contributed by atoms with van der Waals surface area (Å²) in [7, 11) is 0. The van der Waals surface area contributed by atoms with E-state index in [1.165, 1.54) is 10.9 Å². The molecular weight excluding hydrogens is 406 g/mol. The fourth-order valence-corrected chi connectivity index (χ4v) is 3.23. The summed E-state index contributed by atoms with van der Waals surface area (Å²) in [6.07, 6.45) is 3.87. The molecule has 1 amide bonds. The molecule has 0 aliphatic heterocycles. The maximum atomic E-state index is 12.8. The molecule has 0 bridgehead atoms. The summed E-state index contributed by atoms with van der Waals surface area (Å²) >= 11 is 3.37. The lowest BCUT2D eigenvalue weighted by Crippen LogP contribution is -2.38. The summed E-state index contributed by atoms with van der Waals surface area (Å²) < 4.78 is 2.16. The first kappa shape index (κ1) is 19.0. The van der Waals surface area contributed by atoms with Gasteiger partial charge in [0.05, 0.1) is 17.2 Å². The molecule has 0 radical (unpaired) electrons. The van der Waals surface area contributed by atoms with Crippen LogP contribution in [0.2, 0.25) is 0 Å². The molecule has 1 aromatic heterocycles. The topological polar surface area (TPSA) is 55.2 Å². The molecule has 27 heavy (non-hydrogen) atoms. The molecule has 0 atom stereocenters. The Labute approximate surface area is 166 Å². The fourth-order valence-electron chi connectivity index (χ4n) is 2.87. The minimum absolute atomic E-state index is 0.0447. The van der Waals surface area contributed by atoms with Gasteiger partial charge in [0.1, 0.15) is 6.54 Å². The average molecular weight is 426 g/mol. The number of amides is 1. The zero-order chi connectivity index (χ0) is 19.2. The van der Waals surface area contributed by atoms with E-state index in [1.54, 1.807) is 23.1 Å². The second kappa shape index (κ2) is 8.77. The van der Waals surface area contributed by atoms with Crippen molar-refractivity contribution < 1.29 is 4.79 Å². The highest BCUT2D eigenvalue weighted by Crippen LogP contribution is 2.14. The average Bonchev–Trinajstić information content (AvgIpc) is 2.68. The van der Waals surface area contributed by atoms with Gasteiger partial charge in [-0.25, -0.2) is 4.98 Å². The van der Waals surface area contributed by atoms with Crippen molar-refractivity contribution in [3.63, 3.8) is 0 Å². The normalized spacial score (nSPS) is 10.7. The van der Waals surface area contributed by atoms with E-state index in [4.69, 9.17) is 0 Å². The molecule has 2 aromatic carbocycles. The third-order valence-electron chi connectivity index (χ3n) is 4.31. The van der Waals surface area contributed by atoms with Gasteiger partial charge in [0, 0.05) is 17.6 Å². The number of aromatic nitrogens is 2. The van der Waals surface area contributed by atoms with Crippen LogP contribution in [-0.4, -0.2) is 33.4 Å². The van der Waals surface area contributed by atoms with Crippen LogP contribution in [0.25, 0.3) is 10.9 Å². The maximum Gasteiger partial charge on any atom is 0.261 e. The lowest BCUT2D eigenvalue weighted by molar-refractivity contribution is -0.131. The summed E-state index contributed by atoms with van der Waals surface area (Å²) in [5.41, 5.74) is 1.55. The number of rotatable bonds is 7. The number of nitrogens with zero attached hydrogens (tertiary/aromatic N) is 3. The number of hydrogen-bond donors (Lipinski definition) is 0. The van der Waals surface area contributed by atoms with Crippen LogP contribution in [0.1, 0.15) is 5.56 Å². The van der Waals surface area contributed by atoms with E-state index in [0.29, 0.717) is 24.0 Å². The molecule has 0 spiro atoms. The lowest BCUT2D eigenvalue weighted by atomic mass is 10.1. The van der Waals surface area contributed by atoms with Gasteiger partial charge in [-0.15, -0.1) is 6.58 Å². The summed E-state index contributed by atoms with van der Waals surface area (Å²) in [6, 6.07) is 15.3. The second-order valence-corrected chi connectivity index (χ2v) is 7.12. The van der Waals surface area contributed by atoms with Crippen molar-refractivity contribution in [1.29, 1.82) is 0 Å². The van der Waals surface area contributed by atoms with Crippen molar-refractivity contribution in [1.82, 2.24) is 14.5 Å². The Morgan fingerprint density at radius 1 is 1.22 bits per heavy atom.